The van der Waals surface area contributed by atoms with Gasteiger partial charge < -0.3 is 29.8 Å². The van der Waals surface area contributed by atoms with Crippen LogP contribution in [-0.4, -0.2) is 50.3 Å². The Morgan fingerprint density at radius 1 is 1.12 bits per heavy atom. The molecule has 1 atom stereocenters. The van der Waals surface area contributed by atoms with E-state index in [4.69, 9.17) is 36.2 Å². The zero-order chi connectivity index (χ0) is 29.4. The molecular formula is C31H33ClN4O5. The Labute approximate surface area is 244 Å². The molecule has 1 aliphatic rings. The minimum Gasteiger partial charge on any atom is -0.497 e. The number of methoxy groups -OCH3 is 1. The van der Waals surface area contributed by atoms with Gasteiger partial charge in [-0.3, -0.25) is 9.59 Å². The van der Waals surface area contributed by atoms with E-state index in [1.165, 1.54) is 12.3 Å². The van der Waals surface area contributed by atoms with Crippen LogP contribution in [0.5, 0.6) is 11.5 Å². The summed E-state index contributed by atoms with van der Waals surface area (Å²) in [5.41, 5.74) is 8.77. The van der Waals surface area contributed by atoms with E-state index in [1.807, 2.05) is 55.5 Å². The topological polar surface area (TPSA) is 119 Å². The van der Waals surface area contributed by atoms with Gasteiger partial charge in [-0.1, -0.05) is 18.5 Å². The Bertz CT molecular complexity index is 1440. The van der Waals surface area contributed by atoms with Gasteiger partial charge in [-0.05, 0) is 80.1 Å². The fourth-order valence-corrected chi connectivity index (χ4v) is 4.63. The monoisotopic (exact) mass is 576 g/mol. The molecule has 1 heterocycles. The standard InChI is InChI=1S/C31H33ClN4O5/c1-4-25-26(18-27(30(37)29(25)32)35-31(38)28-6-5-16-41-28)34-21-7-9-22(10-8-21)36(20(2)19-33)15-17-40-24-13-11-23(39-3)12-14-24/h5-14,16,18,20H,4,15,17,19,33H2,1-3H3,(H,35,38). The number of anilines is 1. The third-order valence-corrected chi connectivity index (χ3v) is 7.01. The number of ether oxygens (including phenoxy) is 2. The number of ketones is 1. The largest absolute Gasteiger partial charge is 0.497 e. The first kappa shape index (κ1) is 29.6. The van der Waals surface area contributed by atoms with Gasteiger partial charge in [0, 0.05) is 23.8 Å². The molecule has 0 radical (unpaired) electrons. The van der Waals surface area contributed by atoms with Crippen LogP contribution >= 0.6 is 11.6 Å². The lowest BCUT2D eigenvalue weighted by Gasteiger charge is -2.30. The van der Waals surface area contributed by atoms with Crippen LogP contribution in [0.3, 0.4) is 0 Å². The Morgan fingerprint density at radius 3 is 2.44 bits per heavy atom. The van der Waals surface area contributed by atoms with Crippen molar-refractivity contribution in [1.82, 2.24) is 5.32 Å². The van der Waals surface area contributed by atoms with Gasteiger partial charge in [0.25, 0.3) is 5.91 Å². The highest BCUT2D eigenvalue weighted by Crippen LogP contribution is 2.28. The number of nitrogens with one attached hydrogen (secondary N) is 1. The summed E-state index contributed by atoms with van der Waals surface area (Å²) in [5.74, 6) is 0.594. The first-order valence-electron chi connectivity index (χ1n) is 13.3. The van der Waals surface area contributed by atoms with Crippen molar-refractivity contribution in [2.45, 2.75) is 26.3 Å². The average molecular weight is 577 g/mol. The van der Waals surface area contributed by atoms with E-state index in [0.29, 0.717) is 43.1 Å². The van der Waals surface area contributed by atoms with E-state index < -0.39 is 11.7 Å². The molecular weight excluding hydrogens is 544 g/mol. The van der Waals surface area contributed by atoms with Gasteiger partial charge in [0.15, 0.2) is 5.76 Å². The fraction of sp³-hybridized carbons (Fsp3) is 0.258. The summed E-state index contributed by atoms with van der Waals surface area (Å²) in [5, 5.41) is 2.61. The number of hydrogen-bond acceptors (Lipinski definition) is 8. The molecule has 0 spiro atoms. The summed E-state index contributed by atoms with van der Waals surface area (Å²) in [6.07, 6.45) is 3.42. The van der Waals surface area contributed by atoms with Crippen molar-refractivity contribution in [3.63, 3.8) is 0 Å². The number of furan rings is 1. The number of allylic oxidation sites excluding steroid dienone is 3. The molecule has 0 saturated carbocycles. The second-order valence-electron chi connectivity index (χ2n) is 9.28. The van der Waals surface area contributed by atoms with Crippen LogP contribution in [0.15, 0.2) is 98.7 Å². The van der Waals surface area contributed by atoms with Gasteiger partial charge in [-0.2, -0.15) is 0 Å². The highest BCUT2D eigenvalue weighted by Gasteiger charge is 2.27. The summed E-state index contributed by atoms with van der Waals surface area (Å²) in [6.45, 7) is 5.52. The number of amides is 1. The highest BCUT2D eigenvalue weighted by atomic mass is 35.5. The summed E-state index contributed by atoms with van der Waals surface area (Å²) in [6, 6.07) is 18.3. The van der Waals surface area contributed by atoms with Crippen LogP contribution < -0.4 is 25.4 Å². The zero-order valence-corrected chi connectivity index (χ0v) is 24.0. The molecule has 1 aromatic heterocycles. The Kier molecular flexibility index (Phi) is 10.00. The molecule has 4 rings (SSSR count). The van der Waals surface area contributed by atoms with Crippen LogP contribution in [0.4, 0.5) is 11.4 Å². The number of rotatable bonds is 12. The van der Waals surface area contributed by atoms with Crippen molar-refractivity contribution in [2.24, 2.45) is 10.7 Å². The number of halogens is 1. The Hall–Kier alpha value is -4.34. The molecule has 2 aromatic carbocycles. The van der Waals surface area contributed by atoms with Crippen molar-refractivity contribution in [1.29, 1.82) is 0 Å². The third kappa shape index (κ3) is 7.25. The number of aliphatic imine (C=N–C) groups is 1. The Balaban J connectivity index is 1.51. The van der Waals surface area contributed by atoms with Crippen LogP contribution in [0, 0.1) is 0 Å². The van der Waals surface area contributed by atoms with E-state index >= 15 is 0 Å². The van der Waals surface area contributed by atoms with Gasteiger partial charge >= 0.3 is 0 Å². The summed E-state index contributed by atoms with van der Waals surface area (Å²) in [4.78, 5) is 32.2. The molecule has 0 fully saturated rings. The van der Waals surface area contributed by atoms with Gasteiger partial charge in [-0.25, -0.2) is 4.99 Å². The summed E-state index contributed by atoms with van der Waals surface area (Å²) >= 11 is 6.42. The maximum atomic E-state index is 12.8. The normalized spacial score (nSPS) is 15.0. The molecule has 9 nitrogen and oxygen atoms in total. The number of hydrogen-bond donors (Lipinski definition) is 2. The maximum absolute atomic E-state index is 12.8. The lowest BCUT2D eigenvalue weighted by Crippen LogP contribution is -2.41. The molecule has 0 aliphatic heterocycles. The number of benzene rings is 2. The second-order valence-corrected chi connectivity index (χ2v) is 9.66. The van der Waals surface area contributed by atoms with Crippen molar-refractivity contribution in [3.8, 4) is 11.5 Å². The number of carbonyl (C=O) groups is 2. The van der Waals surface area contributed by atoms with E-state index in [0.717, 1.165) is 17.2 Å². The summed E-state index contributed by atoms with van der Waals surface area (Å²) < 4.78 is 16.3. The van der Waals surface area contributed by atoms with Crippen LogP contribution in [0.1, 0.15) is 30.8 Å². The first-order valence-corrected chi connectivity index (χ1v) is 13.6. The van der Waals surface area contributed by atoms with Crippen molar-refractivity contribution in [3.05, 3.63) is 95.1 Å². The second kappa shape index (κ2) is 13.8. The molecule has 1 unspecified atom stereocenters. The van der Waals surface area contributed by atoms with Gasteiger partial charge in [0.1, 0.15) is 18.1 Å². The highest BCUT2D eigenvalue weighted by molar-refractivity contribution is 6.49. The van der Waals surface area contributed by atoms with E-state index in [9.17, 15) is 9.59 Å². The molecule has 3 N–H and O–H groups in total. The van der Waals surface area contributed by atoms with Crippen molar-refractivity contribution < 1.29 is 23.5 Å². The molecule has 214 valence electrons. The molecule has 41 heavy (non-hydrogen) atoms. The van der Waals surface area contributed by atoms with Gasteiger partial charge in [0.2, 0.25) is 5.78 Å². The smallest absolute Gasteiger partial charge is 0.291 e. The number of Topliss-reactive ketones (excluding diaryl/α,β-unsaturated/α-hetero) is 1. The molecule has 0 bridgehead atoms. The van der Waals surface area contributed by atoms with Crippen LogP contribution in [0.2, 0.25) is 0 Å². The average Bonchev–Trinajstić information content (AvgIpc) is 3.54. The Morgan fingerprint density at radius 2 is 1.83 bits per heavy atom. The number of carbonyl (C=O) groups excluding carboxylic acids is 2. The van der Waals surface area contributed by atoms with E-state index in [-0.39, 0.29) is 22.5 Å². The summed E-state index contributed by atoms with van der Waals surface area (Å²) in [7, 11) is 1.63. The van der Waals surface area contributed by atoms with E-state index in [1.54, 1.807) is 19.3 Å². The number of nitrogens with two attached hydrogens (primary N) is 1. The lowest BCUT2D eigenvalue weighted by molar-refractivity contribution is -0.112. The van der Waals surface area contributed by atoms with Crippen molar-refractivity contribution >= 4 is 40.4 Å². The fourth-order valence-electron chi connectivity index (χ4n) is 4.30. The predicted octanol–water partition coefficient (Wildman–Crippen LogP) is 5.39. The maximum Gasteiger partial charge on any atom is 0.291 e. The van der Waals surface area contributed by atoms with Crippen LogP contribution in [-0.2, 0) is 4.79 Å². The molecule has 1 aliphatic carbocycles. The zero-order valence-electron chi connectivity index (χ0n) is 23.2. The minimum absolute atomic E-state index is 0.0277. The molecule has 0 saturated heterocycles. The third-order valence-electron chi connectivity index (χ3n) is 6.61. The first-order chi connectivity index (χ1) is 19.8. The van der Waals surface area contributed by atoms with Gasteiger partial charge in [-0.15, -0.1) is 0 Å². The predicted molar refractivity (Wildman–Crippen MR) is 160 cm³/mol. The van der Waals surface area contributed by atoms with E-state index in [2.05, 4.69) is 17.1 Å². The minimum atomic E-state index is -0.548. The van der Waals surface area contributed by atoms with Gasteiger partial charge in [0.05, 0.1) is 42.0 Å². The molecule has 3 aromatic rings. The number of nitrogens with zero attached hydrogens (tertiary/aromatic N) is 2. The molecule has 10 heteroatoms. The molecule has 1 amide bonds. The lowest BCUT2D eigenvalue weighted by atomic mass is 9.97. The SMILES string of the molecule is CCC1=C(Cl)C(=O)C(NC(=O)c2ccco2)=CC1=Nc1ccc(N(CCOc2ccc(OC)cc2)C(C)CN)cc1. The quantitative estimate of drug-likeness (QED) is 0.277. The van der Waals surface area contributed by atoms with Crippen molar-refractivity contribution in [2.75, 3.05) is 31.7 Å². The van der Waals surface area contributed by atoms with Crippen LogP contribution in [0.25, 0.3) is 0 Å².